The third-order valence-electron chi connectivity index (χ3n) is 2.78. The van der Waals surface area contributed by atoms with Gasteiger partial charge in [0.2, 0.25) is 0 Å². The Kier molecular flexibility index (Phi) is 5.05. The molecule has 2 aromatic rings. The van der Waals surface area contributed by atoms with Gasteiger partial charge in [-0.1, -0.05) is 6.07 Å². The second kappa shape index (κ2) is 6.78. The Balaban J connectivity index is 2.24. The highest BCUT2D eigenvalue weighted by Crippen LogP contribution is 2.33. The molecule has 0 fully saturated rings. The highest BCUT2D eigenvalue weighted by molar-refractivity contribution is 7.21. The van der Waals surface area contributed by atoms with E-state index in [2.05, 4.69) is 0 Å². The number of fused-ring (bicyclic) bond motifs is 1. The van der Waals surface area contributed by atoms with Crippen LogP contribution in [-0.4, -0.2) is 30.9 Å². The van der Waals surface area contributed by atoms with Crippen molar-refractivity contribution in [2.45, 2.75) is 13.5 Å². The van der Waals surface area contributed by atoms with Gasteiger partial charge in [0.1, 0.15) is 10.7 Å². The van der Waals surface area contributed by atoms with Crippen molar-refractivity contribution in [2.24, 2.45) is 0 Å². The first-order valence-corrected chi connectivity index (χ1v) is 7.05. The quantitative estimate of drug-likeness (QED) is 0.797. The van der Waals surface area contributed by atoms with E-state index in [9.17, 15) is 14.3 Å². The minimum Gasteiger partial charge on any atom is -0.477 e. The van der Waals surface area contributed by atoms with Crippen molar-refractivity contribution in [3.05, 3.63) is 34.5 Å². The van der Waals surface area contributed by atoms with E-state index >= 15 is 0 Å². The van der Waals surface area contributed by atoms with Gasteiger partial charge in [-0.05, 0) is 19.1 Å². The molecule has 2 rings (SSSR count). The molecule has 0 saturated heterocycles. The SMILES string of the molecule is CCOCCOCc1c(C(=O)O)sc2cccc(F)c12. The van der Waals surface area contributed by atoms with Crippen LogP contribution in [0.2, 0.25) is 0 Å². The molecule has 0 saturated carbocycles. The first-order valence-electron chi connectivity index (χ1n) is 6.23. The van der Waals surface area contributed by atoms with Gasteiger partial charge in [-0.3, -0.25) is 0 Å². The summed E-state index contributed by atoms with van der Waals surface area (Å²) in [5, 5.41) is 9.55. The van der Waals surface area contributed by atoms with Crippen molar-refractivity contribution >= 4 is 27.4 Å². The van der Waals surface area contributed by atoms with Crippen molar-refractivity contribution in [3.8, 4) is 0 Å². The lowest BCUT2D eigenvalue weighted by atomic mass is 10.1. The Hall–Kier alpha value is -1.50. The summed E-state index contributed by atoms with van der Waals surface area (Å²) in [5.74, 6) is -1.48. The van der Waals surface area contributed by atoms with Gasteiger partial charge in [-0.2, -0.15) is 0 Å². The fourth-order valence-corrected chi connectivity index (χ4v) is 2.98. The van der Waals surface area contributed by atoms with Crippen molar-refractivity contribution in [2.75, 3.05) is 19.8 Å². The zero-order valence-corrected chi connectivity index (χ0v) is 11.8. The van der Waals surface area contributed by atoms with Gasteiger partial charge in [0.25, 0.3) is 0 Å². The average molecular weight is 298 g/mol. The summed E-state index contributed by atoms with van der Waals surface area (Å²) >= 11 is 1.06. The zero-order valence-electron chi connectivity index (χ0n) is 11.0. The lowest BCUT2D eigenvalue weighted by molar-refractivity contribution is 0.0449. The molecule has 0 radical (unpaired) electrons. The van der Waals surface area contributed by atoms with E-state index < -0.39 is 11.8 Å². The van der Waals surface area contributed by atoms with Crippen molar-refractivity contribution in [1.82, 2.24) is 0 Å². The number of halogens is 1. The minimum atomic E-state index is -1.06. The van der Waals surface area contributed by atoms with E-state index in [4.69, 9.17) is 9.47 Å². The van der Waals surface area contributed by atoms with E-state index in [0.717, 1.165) is 11.3 Å². The van der Waals surface area contributed by atoms with E-state index in [0.29, 0.717) is 35.5 Å². The summed E-state index contributed by atoms with van der Waals surface area (Å²) in [5.41, 5.74) is 0.395. The van der Waals surface area contributed by atoms with Gasteiger partial charge in [-0.25, -0.2) is 9.18 Å². The van der Waals surface area contributed by atoms with Gasteiger partial charge in [0.15, 0.2) is 0 Å². The lowest BCUT2D eigenvalue weighted by Crippen LogP contribution is -2.06. The maximum Gasteiger partial charge on any atom is 0.346 e. The molecule has 0 aliphatic heterocycles. The third-order valence-corrected chi connectivity index (χ3v) is 3.97. The first kappa shape index (κ1) is 14.9. The molecule has 1 aromatic heterocycles. The van der Waals surface area contributed by atoms with Crippen LogP contribution in [-0.2, 0) is 16.1 Å². The van der Waals surface area contributed by atoms with Crippen LogP contribution in [0.1, 0.15) is 22.2 Å². The molecule has 0 aliphatic rings. The van der Waals surface area contributed by atoms with Crippen LogP contribution in [0.3, 0.4) is 0 Å². The molecule has 6 heteroatoms. The van der Waals surface area contributed by atoms with Crippen LogP contribution >= 0.6 is 11.3 Å². The number of ether oxygens (including phenoxy) is 2. The van der Waals surface area contributed by atoms with Crippen LogP contribution in [0.15, 0.2) is 18.2 Å². The summed E-state index contributed by atoms with van der Waals surface area (Å²) < 4.78 is 25.0. The molecule has 108 valence electrons. The summed E-state index contributed by atoms with van der Waals surface area (Å²) in [6.07, 6.45) is 0. The number of aromatic carboxylic acids is 1. The van der Waals surface area contributed by atoms with Gasteiger partial charge in [0, 0.05) is 22.3 Å². The fraction of sp³-hybridized carbons (Fsp3) is 0.357. The molecule has 0 unspecified atom stereocenters. The Bertz CT molecular complexity index is 608. The van der Waals surface area contributed by atoms with Crippen LogP contribution in [0.4, 0.5) is 4.39 Å². The molecule has 1 aromatic carbocycles. The number of thiophene rings is 1. The maximum absolute atomic E-state index is 13.9. The summed E-state index contributed by atoms with van der Waals surface area (Å²) in [6, 6.07) is 4.60. The Morgan fingerprint density at radius 1 is 1.35 bits per heavy atom. The molecule has 1 heterocycles. The van der Waals surface area contributed by atoms with Gasteiger partial charge < -0.3 is 14.6 Å². The van der Waals surface area contributed by atoms with E-state index in [1.807, 2.05) is 6.92 Å². The van der Waals surface area contributed by atoms with Gasteiger partial charge in [0.05, 0.1) is 19.8 Å². The fourth-order valence-electron chi connectivity index (χ4n) is 1.91. The second-order valence-electron chi connectivity index (χ2n) is 4.08. The second-order valence-corrected chi connectivity index (χ2v) is 5.13. The van der Waals surface area contributed by atoms with E-state index in [1.54, 1.807) is 12.1 Å². The molecule has 0 atom stereocenters. The third kappa shape index (κ3) is 3.15. The molecule has 0 spiro atoms. The molecular weight excluding hydrogens is 283 g/mol. The Morgan fingerprint density at radius 2 is 2.10 bits per heavy atom. The Morgan fingerprint density at radius 3 is 2.80 bits per heavy atom. The lowest BCUT2D eigenvalue weighted by Gasteiger charge is -2.05. The summed E-state index contributed by atoms with van der Waals surface area (Å²) in [6.45, 7) is 3.32. The van der Waals surface area contributed by atoms with E-state index in [1.165, 1.54) is 6.07 Å². The number of carboxylic acids is 1. The number of hydrogen-bond donors (Lipinski definition) is 1. The monoisotopic (exact) mass is 298 g/mol. The van der Waals surface area contributed by atoms with Crippen LogP contribution in [0.25, 0.3) is 10.1 Å². The molecule has 0 bridgehead atoms. The van der Waals surface area contributed by atoms with Crippen molar-refractivity contribution in [3.63, 3.8) is 0 Å². The molecule has 0 amide bonds. The maximum atomic E-state index is 13.9. The smallest absolute Gasteiger partial charge is 0.346 e. The number of benzene rings is 1. The predicted molar refractivity (Wildman–Crippen MR) is 74.9 cm³/mol. The molecular formula is C14H15FO4S. The number of rotatable bonds is 7. The normalized spacial score (nSPS) is 11.1. The Labute approximate surface area is 119 Å². The van der Waals surface area contributed by atoms with Crippen LogP contribution in [0.5, 0.6) is 0 Å². The zero-order chi connectivity index (χ0) is 14.5. The van der Waals surface area contributed by atoms with Crippen molar-refractivity contribution < 1.29 is 23.8 Å². The predicted octanol–water partition coefficient (Wildman–Crippen LogP) is 3.29. The summed E-state index contributed by atoms with van der Waals surface area (Å²) in [7, 11) is 0. The molecule has 0 aliphatic carbocycles. The van der Waals surface area contributed by atoms with Gasteiger partial charge >= 0.3 is 5.97 Å². The molecule has 20 heavy (non-hydrogen) atoms. The van der Waals surface area contributed by atoms with Crippen LogP contribution < -0.4 is 0 Å². The number of carboxylic acid groups (broad SMARTS) is 1. The largest absolute Gasteiger partial charge is 0.477 e. The van der Waals surface area contributed by atoms with E-state index in [-0.39, 0.29) is 11.5 Å². The average Bonchev–Trinajstić information content (AvgIpc) is 2.79. The minimum absolute atomic E-state index is 0.0651. The van der Waals surface area contributed by atoms with Gasteiger partial charge in [-0.15, -0.1) is 11.3 Å². The van der Waals surface area contributed by atoms with Crippen LogP contribution in [0, 0.1) is 5.82 Å². The number of carbonyl (C=O) groups is 1. The van der Waals surface area contributed by atoms with Crippen molar-refractivity contribution in [1.29, 1.82) is 0 Å². The first-order chi connectivity index (χ1) is 9.65. The highest BCUT2D eigenvalue weighted by atomic mass is 32.1. The topological polar surface area (TPSA) is 55.8 Å². The highest BCUT2D eigenvalue weighted by Gasteiger charge is 2.20. The standard InChI is InChI=1S/C14H15FO4S/c1-2-18-6-7-19-8-9-12-10(15)4-3-5-11(12)20-13(9)14(16)17/h3-5H,2,6-8H2,1H3,(H,16,17). The summed E-state index contributed by atoms with van der Waals surface area (Å²) in [4.78, 5) is 11.4. The molecule has 4 nitrogen and oxygen atoms in total. The molecule has 1 N–H and O–H groups in total. The number of hydrogen-bond acceptors (Lipinski definition) is 4.